The van der Waals surface area contributed by atoms with Gasteiger partial charge in [0.2, 0.25) is 0 Å². The second-order valence-electron chi connectivity index (χ2n) is 6.83. The quantitative estimate of drug-likeness (QED) is 0.511. The minimum Gasteiger partial charge on any atom is -0.463 e. The van der Waals surface area contributed by atoms with E-state index < -0.39 is 55.2 Å². The van der Waals surface area contributed by atoms with Crippen LogP contribution in [0.25, 0.3) is 0 Å². The van der Waals surface area contributed by atoms with Gasteiger partial charge in [-0.2, -0.15) is 0 Å². The number of esters is 3. The maximum absolute atomic E-state index is 12.6. The molecular formula is C22H22O9. The van der Waals surface area contributed by atoms with Crippen molar-refractivity contribution in [1.29, 1.82) is 0 Å². The van der Waals surface area contributed by atoms with E-state index in [1.54, 1.807) is 36.4 Å². The number of carbonyl (C=O) groups excluding carboxylic acids is 3. The Morgan fingerprint density at radius 2 is 1.32 bits per heavy atom. The largest absolute Gasteiger partial charge is 0.463 e. The predicted octanol–water partition coefficient (Wildman–Crippen LogP) is 1.08. The minimum absolute atomic E-state index is 0.194. The highest BCUT2D eigenvalue weighted by atomic mass is 16.7. The molecule has 0 unspecified atom stereocenters. The van der Waals surface area contributed by atoms with E-state index in [4.69, 9.17) is 18.9 Å². The molecule has 0 aliphatic carbocycles. The minimum atomic E-state index is -1.75. The van der Waals surface area contributed by atoms with Crippen molar-refractivity contribution in [3.05, 3.63) is 71.8 Å². The lowest BCUT2D eigenvalue weighted by Gasteiger charge is -2.41. The number of benzene rings is 2. The molecule has 31 heavy (non-hydrogen) atoms. The molecule has 2 N–H and O–H groups in total. The van der Waals surface area contributed by atoms with Crippen molar-refractivity contribution < 1.29 is 43.5 Å². The van der Waals surface area contributed by atoms with E-state index in [-0.39, 0.29) is 11.1 Å². The Bertz CT molecular complexity index is 900. The summed E-state index contributed by atoms with van der Waals surface area (Å²) in [6, 6.07) is 15.9. The van der Waals surface area contributed by atoms with E-state index in [2.05, 4.69) is 0 Å². The van der Waals surface area contributed by atoms with Crippen LogP contribution in [0.3, 0.4) is 0 Å². The van der Waals surface area contributed by atoms with Crippen molar-refractivity contribution in [3.63, 3.8) is 0 Å². The first-order chi connectivity index (χ1) is 14.9. The van der Waals surface area contributed by atoms with Crippen LogP contribution in [0.15, 0.2) is 60.7 Å². The Morgan fingerprint density at radius 3 is 1.81 bits per heavy atom. The molecule has 0 aromatic heterocycles. The molecule has 9 nitrogen and oxygen atoms in total. The van der Waals surface area contributed by atoms with Crippen LogP contribution in [0.4, 0.5) is 0 Å². The van der Waals surface area contributed by atoms with Gasteiger partial charge in [0, 0.05) is 6.92 Å². The SMILES string of the molecule is CC(=O)OC[C@H]1O[C@@H](O)[C@H](OC(=O)c2ccccc2)[C@@H](OC(=O)c2ccccc2)[C@@H]1O. The van der Waals surface area contributed by atoms with Gasteiger partial charge in [-0.15, -0.1) is 0 Å². The van der Waals surface area contributed by atoms with Crippen molar-refractivity contribution in [2.45, 2.75) is 37.6 Å². The second-order valence-corrected chi connectivity index (χ2v) is 6.83. The summed E-state index contributed by atoms with van der Waals surface area (Å²) < 4.78 is 20.8. The number of aliphatic hydroxyl groups excluding tert-OH is 2. The van der Waals surface area contributed by atoms with Crippen LogP contribution >= 0.6 is 0 Å². The molecule has 0 spiro atoms. The molecular weight excluding hydrogens is 408 g/mol. The van der Waals surface area contributed by atoms with Crippen molar-refractivity contribution in [2.24, 2.45) is 0 Å². The fourth-order valence-electron chi connectivity index (χ4n) is 3.04. The molecule has 1 saturated heterocycles. The molecule has 1 fully saturated rings. The second kappa shape index (κ2) is 10.2. The van der Waals surface area contributed by atoms with Gasteiger partial charge in [0.1, 0.15) is 18.8 Å². The predicted molar refractivity (Wildman–Crippen MR) is 105 cm³/mol. The maximum atomic E-state index is 12.6. The summed E-state index contributed by atoms with van der Waals surface area (Å²) in [6.45, 7) is 0.773. The van der Waals surface area contributed by atoms with Crippen LogP contribution in [0.1, 0.15) is 27.6 Å². The summed E-state index contributed by atoms with van der Waals surface area (Å²) in [5, 5.41) is 21.1. The molecule has 1 aliphatic rings. The first-order valence-corrected chi connectivity index (χ1v) is 9.54. The molecule has 1 heterocycles. The molecule has 3 rings (SSSR count). The molecule has 0 amide bonds. The highest BCUT2D eigenvalue weighted by Crippen LogP contribution is 2.27. The molecule has 0 radical (unpaired) electrons. The summed E-state index contributed by atoms with van der Waals surface area (Å²) in [6.07, 6.45) is -7.51. The molecule has 1 aliphatic heterocycles. The highest BCUT2D eigenvalue weighted by Gasteiger charge is 2.49. The zero-order valence-electron chi connectivity index (χ0n) is 16.6. The molecule has 2 aromatic rings. The van der Waals surface area contributed by atoms with E-state index in [0.717, 1.165) is 0 Å². The van der Waals surface area contributed by atoms with Gasteiger partial charge in [-0.25, -0.2) is 9.59 Å². The van der Waals surface area contributed by atoms with Gasteiger partial charge in [0.25, 0.3) is 0 Å². The smallest absolute Gasteiger partial charge is 0.338 e. The lowest BCUT2D eigenvalue weighted by molar-refractivity contribution is -0.285. The van der Waals surface area contributed by atoms with Gasteiger partial charge in [0.15, 0.2) is 18.5 Å². The van der Waals surface area contributed by atoms with Gasteiger partial charge < -0.3 is 29.2 Å². The lowest BCUT2D eigenvalue weighted by Crippen LogP contribution is -2.61. The van der Waals surface area contributed by atoms with E-state index in [1.807, 2.05) is 0 Å². The van der Waals surface area contributed by atoms with Crippen molar-refractivity contribution in [2.75, 3.05) is 6.61 Å². The van der Waals surface area contributed by atoms with Crippen LogP contribution in [-0.4, -0.2) is 65.4 Å². The molecule has 9 heteroatoms. The standard InChI is InChI=1S/C22H22O9/c1-13(23)28-12-16-17(24)18(30-20(25)14-8-4-2-5-9-14)19(22(27)29-16)31-21(26)15-10-6-3-7-11-15/h2-11,16-19,22,24,27H,12H2,1H3/t16-,17-,18+,19-,22-/m1/s1. The third-order valence-electron chi connectivity index (χ3n) is 4.59. The normalized spacial score (nSPS) is 25.3. The van der Waals surface area contributed by atoms with Crippen molar-refractivity contribution in [3.8, 4) is 0 Å². The van der Waals surface area contributed by atoms with Crippen LogP contribution < -0.4 is 0 Å². The molecule has 0 bridgehead atoms. The number of rotatable bonds is 6. The third-order valence-corrected chi connectivity index (χ3v) is 4.59. The van der Waals surface area contributed by atoms with Gasteiger partial charge >= 0.3 is 17.9 Å². The van der Waals surface area contributed by atoms with Crippen LogP contribution in [0.5, 0.6) is 0 Å². The number of aliphatic hydroxyl groups is 2. The Kier molecular flexibility index (Phi) is 7.35. The number of ether oxygens (including phenoxy) is 4. The number of hydrogen-bond donors (Lipinski definition) is 2. The Balaban J connectivity index is 1.82. The van der Waals surface area contributed by atoms with E-state index in [9.17, 15) is 24.6 Å². The van der Waals surface area contributed by atoms with E-state index in [0.29, 0.717) is 0 Å². The molecule has 5 atom stereocenters. The fourth-order valence-corrected chi connectivity index (χ4v) is 3.04. The Morgan fingerprint density at radius 1 is 0.839 bits per heavy atom. The summed E-state index contributed by atoms with van der Waals surface area (Å²) in [7, 11) is 0. The lowest BCUT2D eigenvalue weighted by atomic mass is 9.98. The van der Waals surface area contributed by atoms with Crippen molar-refractivity contribution in [1.82, 2.24) is 0 Å². The van der Waals surface area contributed by atoms with E-state index >= 15 is 0 Å². The van der Waals surface area contributed by atoms with E-state index in [1.165, 1.54) is 31.2 Å². The first kappa shape index (κ1) is 22.4. The topological polar surface area (TPSA) is 129 Å². The maximum Gasteiger partial charge on any atom is 0.338 e. The number of carbonyl (C=O) groups is 3. The van der Waals surface area contributed by atoms with Crippen LogP contribution in [0.2, 0.25) is 0 Å². The summed E-state index contributed by atoms with van der Waals surface area (Å²) in [4.78, 5) is 36.1. The molecule has 164 valence electrons. The fraction of sp³-hybridized carbons (Fsp3) is 0.318. The molecule has 0 saturated carbocycles. The van der Waals surface area contributed by atoms with Gasteiger partial charge in [-0.05, 0) is 24.3 Å². The summed E-state index contributed by atoms with van der Waals surface area (Å²) >= 11 is 0. The third kappa shape index (κ3) is 5.66. The average Bonchev–Trinajstić information content (AvgIpc) is 2.78. The molecule has 2 aromatic carbocycles. The average molecular weight is 430 g/mol. The summed E-state index contributed by atoms with van der Waals surface area (Å²) in [5.41, 5.74) is 0.389. The number of hydrogen-bond acceptors (Lipinski definition) is 9. The highest BCUT2D eigenvalue weighted by molar-refractivity contribution is 5.90. The van der Waals surface area contributed by atoms with Crippen LogP contribution in [-0.2, 0) is 23.7 Å². The van der Waals surface area contributed by atoms with Crippen molar-refractivity contribution >= 4 is 17.9 Å². The van der Waals surface area contributed by atoms with Gasteiger partial charge in [-0.1, -0.05) is 36.4 Å². The zero-order chi connectivity index (χ0) is 22.4. The van der Waals surface area contributed by atoms with Crippen LogP contribution in [0, 0.1) is 0 Å². The Labute approximate surface area is 178 Å². The van der Waals surface area contributed by atoms with Gasteiger partial charge in [0.05, 0.1) is 11.1 Å². The monoisotopic (exact) mass is 430 g/mol. The zero-order valence-corrected chi connectivity index (χ0v) is 16.6. The Hall–Kier alpha value is -3.27. The first-order valence-electron chi connectivity index (χ1n) is 9.54. The summed E-state index contributed by atoms with van der Waals surface area (Å²) in [5.74, 6) is -2.23. The van der Waals surface area contributed by atoms with Gasteiger partial charge in [-0.3, -0.25) is 4.79 Å².